The molecule has 11 heavy (non-hydrogen) atoms. The van der Waals surface area contributed by atoms with Crippen LogP contribution < -0.4 is 0 Å². The number of imidazole rings is 1. The van der Waals surface area contributed by atoms with Gasteiger partial charge in [-0.25, -0.2) is 4.98 Å². The Morgan fingerprint density at radius 3 is 3.09 bits per heavy atom. The van der Waals surface area contributed by atoms with Crippen LogP contribution in [-0.2, 0) is 0 Å². The van der Waals surface area contributed by atoms with Crippen molar-refractivity contribution in [1.29, 1.82) is 0 Å². The lowest BCUT2D eigenvalue weighted by Crippen LogP contribution is -1.76. The van der Waals surface area contributed by atoms with E-state index in [4.69, 9.17) is 4.42 Å². The standard InChI is InChI=1S/C8H7N2O/c1-6-8(10-5-9-6)7-3-2-4-11-7/h2-4H,1H3,(H,9,10). The van der Waals surface area contributed by atoms with E-state index in [9.17, 15) is 0 Å². The second-order valence-corrected chi connectivity index (χ2v) is 2.29. The summed E-state index contributed by atoms with van der Waals surface area (Å²) in [4.78, 5) is 6.81. The van der Waals surface area contributed by atoms with Crippen molar-refractivity contribution in [3.63, 3.8) is 0 Å². The summed E-state index contributed by atoms with van der Waals surface area (Å²) >= 11 is 0. The molecule has 0 atom stereocenters. The van der Waals surface area contributed by atoms with Gasteiger partial charge in [0, 0.05) is 0 Å². The average Bonchev–Trinajstić information content (AvgIpc) is 2.55. The van der Waals surface area contributed by atoms with Crippen molar-refractivity contribution in [3.8, 4) is 11.5 Å². The molecule has 0 amide bonds. The van der Waals surface area contributed by atoms with Crippen molar-refractivity contribution in [1.82, 2.24) is 9.97 Å². The molecule has 0 bridgehead atoms. The lowest BCUT2D eigenvalue weighted by molar-refractivity contribution is 0.580. The van der Waals surface area contributed by atoms with E-state index in [1.54, 1.807) is 6.26 Å². The van der Waals surface area contributed by atoms with Crippen LogP contribution in [0.3, 0.4) is 0 Å². The number of rotatable bonds is 1. The quantitative estimate of drug-likeness (QED) is 0.668. The van der Waals surface area contributed by atoms with Crippen LogP contribution >= 0.6 is 0 Å². The SMILES string of the molecule is Cc1n[c][nH]c1-c1ccco1. The Morgan fingerprint density at radius 2 is 2.55 bits per heavy atom. The number of hydrogen-bond donors (Lipinski definition) is 1. The molecule has 0 spiro atoms. The first-order valence-electron chi connectivity index (χ1n) is 3.34. The molecule has 1 radical (unpaired) electrons. The van der Waals surface area contributed by atoms with Crippen LogP contribution in [0.25, 0.3) is 11.5 Å². The summed E-state index contributed by atoms with van der Waals surface area (Å²) in [5, 5.41) is 0. The number of nitrogens with one attached hydrogen (secondary N) is 1. The Kier molecular flexibility index (Phi) is 1.28. The van der Waals surface area contributed by atoms with Gasteiger partial charge in [-0.05, 0) is 19.1 Å². The Balaban J connectivity index is 2.53. The molecule has 2 heterocycles. The lowest BCUT2D eigenvalue weighted by Gasteiger charge is -1.90. The molecule has 0 saturated heterocycles. The summed E-state index contributed by atoms with van der Waals surface area (Å²) in [7, 11) is 0. The maximum absolute atomic E-state index is 5.17. The first-order chi connectivity index (χ1) is 5.38. The molecule has 0 aliphatic heterocycles. The van der Waals surface area contributed by atoms with E-state index >= 15 is 0 Å². The van der Waals surface area contributed by atoms with Crippen LogP contribution in [0.5, 0.6) is 0 Å². The fraction of sp³-hybridized carbons (Fsp3) is 0.125. The van der Waals surface area contributed by atoms with Gasteiger partial charge >= 0.3 is 0 Å². The van der Waals surface area contributed by atoms with Crippen molar-refractivity contribution in [2.45, 2.75) is 6.92 Å². The molecule has 0 unspecified atom stereocenters. The molecule has 0 aliphatic carbocycles. The summed E-state index contributed by atoms with van der Waals surface area (Å²) in [6.07, 6.45) is 4.29. The monoisotopic (exact) mass is 147 g/mol. The van der Waals surface area contributed by atoms with Gasteiger partial charge in [0.25, 0.3) is 0 Å². The van der Waals surface area contributed by atoms with E-state index in [2.05, 4.69) is 16.3 Å². The zero-order chi connectivity index (χ0) is 7.68. The largest absolute Gasteiger partial charge is 0.463 e. The third-order valence-corrected chi connectivity index (χ3v) is 1.53. The molecule has 3 heteroatoms. The van der Waals surface area contributed by atoms with Crippen molar-refractivity contribution in [3.05, 3.63) is 30.4 Å². The van der Waals surface area contributed by atoms with Gasteiger partial charge < -0.3 is 9.40 Å². The zero-order valence-corrected chi connectivity index (χ0v) is 6.09. The normalized spacial score (nSPS) is 10.3. The minimum atomic E-state index is 0.802. The predicted octanol–water partition coefficient (Wildman–Crippen LogP) is 1.78. The smallest absolute Gasteiger partial charge is 0.174 e. The second-order valence-electron chi connectivity index (χ2n) is 2.29. The predicted molar refractivity (Wildman–Crippen MR) is 39.9 cm³/mol. The number of furan rings is 1. The van der Waals surface area contributed by atoms with Crippen molar-refractivity contribution in [2.75, 3.05) is 0 Å². The highest BCUT2D eigenvalue weighted by molar-refractivity contribution is 5.54. The highest BCUT2D eigenvalue weighted by Crippen LogP contribution is 2.18. The molecule has 1 N–H and O–H groups in total. The lowest BCUT2D eigenvalue weighted by atomic mass is 10.3. The van der Waals surface area contributed by atoms with Crippen LogP contribution in [0, 0.1) is 13.3 Å². The van der Waals surface area contributed by atoms with Gasteiger partial charge in [0.2, 0.25) is 0 Å². The first-order valence-corrected chi connectivity index (χ1v) is 3.34. The van der Waals surface area contributed by atoms with E-state index < -0.39 is 0 Å². The van der Waals surface area contributed by atoms with Crippen LogP contribution in [0.2, 0.25) is 0 Å². The van der Waals surface area contributed by atoms with Gasteiger partial charge in [0.1, 0.15) is 5.69 Å². The van der Waals surface area contributed by atoms with Crippen LogP contribution in [0.15, 0.2) is 22.8 Å². The van der Waals surface area contributed by atoms with E-state index in [-0.39, 0.29) is 0 Å². The number of H-pyrrole nitrogens is 1. The molecular formula is C8H7N2O. The van der Waals surface area contributed by atoms with Crippen molar-refractivity contribution < 1.29 is 4.42 Å². The van der Waals surface area contributed by atoms with E-state index in [0.29, 0.717) is 0 Å². The van der Waals surface area contributed by atoms with Crippen LogP contribution in [0.4, 0.5) is 0 Å². The third-order valence-electron chi connectivity index (χ3n) is 1.53. The van der Waals surface area contributed by atoms with Crippen molar-refractivity contribution >= 4 is 0 Å². The third kappa shape index (κ3) is 0.941. The molecule has 55 valence electrons. The molecule has 0 fully saturated rings. The van der Waals surface area contributed by atoms with Crippen LogP contribution in [0.1, 0.15) is 5.69 Å². The Bertz CT molecular complexity index is 335. The van der Waals surface area contributed by atoms with Gasteiger partial charge in [-0.1, -0.05) is 0 Å². The van der Waals surface area contributed by atoms with E-state index in [1.807, 2.05) is 19.1 Å². The average molecular weight is 147 g/mol. The highest BCUT2D eigenvalue weighted by Gasteiger charge is 2.05. The molecule has 2 rings (SSSR count). The number of nitrogens with zero attached hydrogens (tertiary/aromatic N) is 1. The molecule has 0 aromatic carbocycles. The fourth-order valence-electron chi connectivity index (χ4n) is 0.975. The van der Waals surface area contributed by atoms with Crippen molar-refractivity contribution in [2.24, 2.45) is 0 Å². The van der Waals surface area contributed by atoms with E-state index in [1.165, 1.54) is 0 Å². The highest BCUT2D eigenvalue weighted by atomic mass is 16.3. The maximum atomic E-state index is 5.17. The summed E-state index contributed by atoms with van der Waals surface area (Å²) in [5.74, 6) is 0.802. The van der Waals surface area contributed by atoms with Gasteiger partial charge in [0.15, 0.2) is 12.1 Å². The minimum absolute atomic E-state index is 0.802. The summed E-state index contributed by atoms with van der Waals surface area (Å²) in [6, 6.07) is 3.73. The molecule has 0 saturated carbocycles. The molecular weight excluding hydrogens is 140 g/mol. The Morgan fingerprint density at radius 1 is 1.64 bits per heavy atom. The van der Waals surface area contributed by atoms with Gasteiger partial charge in [0.05, 0.1) is 12.0 Å². The Labute approximate surface area is 64.1 Å². The summed E-state index contributed by atoms with van der Waals surface area (Å²) in [6.45, 7) is 1.91. The fourth-order valence-corrected chi connectivity index (χ4v) is 0.975. The van der Waals surface area contributed by atoms with Crippen LogP contribution in [-0.4, -0.2) is 9.97 Å². The topological polar surface area (TPSA) is 41.8 Å². The first kappa shape index (κ1) is 6.22. The molecule has 2 aromatic rings. The van der Waals surface area contributed by atoms with E-state index in [0.717, 1.165) is 17.1 Å². The Hall–Kier alpha value is -1.51. The maximum Gasteiger partial charge on any atom is 0.174 e. The molecule has 2 aromatic heterocycles. The number of aryl methyl sites for hydroxylation is 1. The zero-order valence-electron chi connectivity index (χ0n) is 6.09. The van der Waals surface area contributed by atoms with Gasteiger partial charge in [-0.3, -0.25) is 0 Å². The molecule has 0 aliphatic rings. The summed E-state index contributed by atoms with van der Waals surface area (Å²) < 4.78 is 5.17. The van der Waals surface area contributed by atoms with Gasteiger partial charge in [-0.15, -0.1) is 0 Å². The summed E-state index contributed by atoms with van der Waals surface area (Å²) in [5.41, 5.74) is 1.80. The van der Waals surface area contributed by atoms with Gasteiger partial charge in [-0.2, -0.15) is 0 Å². The molecule has 3 nitrogen and oxygen atoms in total. The second kappa shape index (κ2) is 2.27. The minimum Gasteiger partial charge on any atom is -0.463 e. The number of aromatic nitrogens is 2. The number of aromatic amines is 1. The number of hydrogen-bond acceptors (Lipinski definition) is 2.